The van der Waals surface area contributed by atoms with Gasteiger partial charge in [-0.05, 0) is 60.9 Å². The van der Waals surface area contributed by atoms with Crippen LogP contribution < -0.4 is 15.4 Å². The molecule has 2 aromatic carbocycles. The second-order valence-corrected chi connectivity index (χ2v) is 9.38. The molecule has 0 spiro atoms. The Hall–Kier alpha value is -4.81. The van der Waals surface area contributed by atoms with E-state index in [1.165, 1.54) is 7.11 Å². The van der Waals surface area contributed by atoms with Crippen LogP contribution in [0.15, 0.2) is 108 Å². The topological polar surface area (TPSA) is 51.8 Å². The van der Waals surface area contributed by atoms with Crippen molar-refractivity contribution in [2.24, 2.45) is 0 Å². The molecule has 0 aromatic heterocycles. The lowest BCUT2D eigenvalue weighted by atomic mass is 9.95. The van der Waals surface area contributed by atoms with E-state index in [0.29, 0.717) is 47.5 Å². The molecule has 2 aliphatic rings. The van der Waals surface area contributed by atoms with E-state index in [-0.39, 0.29) is 28.9 Å². The molecule has 8 heteroatoms. The highest BCUT2D eigenvalue weighted by Gasteiger charge is 2.28. The average molecular weight is 561 g/mol. The zero-order chi connectivity index (χ0) is 29.5. The summed E-state index contributed by atoms with van der Waals surface area (Å²) in [6.45, 7) is 11.7. The maximum atomic E-state index is 15.8. The third-order valence-corrected chi connectivity index (χ3v) is 6.19. The van der Waals surface area contributed by atoms with Gasteiger partial charge in [-0.25, -0.2) is 13.2 Å². The lowest BCUT2D eigenvalue weighted by Crippen LogP contribution is -2.15. The number of anilines is 1. The van der Waals surface area contributed by atoms with Crippen LogP contribution in [0, 0.1) is 17.5 Å². The minimum atomic E-state index is -1.29. The van der Waals surface area contributed by atoms with E-state index < -0.39 is 23.0 Å². The fourth-order valence-corrected chi connectivity index (χ4v) is 4.33. The minimum absolute atomic E-state index is 0.173. The third kappa shape index (κ3) is 7.04. The lowest BCUT2D eigenvalue weighted by molar-refractivity contribution is 0.301. The maximum absolute atomic E-state index is 15.8. The summed E-state index contributed by atoms with van der Waals surface area (Å²) in [6, 6.07) is 6.52. The first-order chi connectivity index (χ1) is 19.7. The van der Waals surface area contributed by atoms with Gasteiger partial charge in [0, 0.05) is 18.3 Å². The van der Waals surface area contributed by atoms with E-state index in [2.05, 4.69) is 29.5 Å². The zero-order valence-electron chi connectivity index (χ0n) is 23.2. The largest absolute Gasteiger partial charge is 0.493 e. The molecule has 0 bridgehead atoms. The van der Waals surface area contributed by atoms with E-state index in [1.807, 2.05) is 0 Å². The molecule has 4 rings (SSSR count). The van der Waals surface area contributed by atoms with E-state index in [4.69, 9.17) is 14.2 Å². The highest BCUT2D eigenvalue weighted by atomic mass is 19.2. The number of rotatable bonds is 11. The SMILES string of the molecule is C=C(C)OC(=C)CNC1=CC=C(c2c(F)c(F)c(-c3ccc(NCC4=CC=C=C(C)O4)cc3)c(OC)c2F)CC=C1. The van der Waals surface area contributed by atoms with Crippen LogP contribution in [-0.2, 0) is 9.47 Å². The van der Waals surface area contributed by atoms with Gasteiger partial charge in [-0.3, -0.25) is 0 Å². The number of hydrogen-bond donors (Lipinski definition) is 2. The van der Waals surface area contributed by atoms with Crippen LogP contribution in [0.5, 0.6) is 5.75 Å². The van der Waals surface area contributed by atoms with Crippen molar-refractivity contribution in [1.82, 2.24) is 5.32 Å². The number of allylic oxidation sites excluding steroid dienone is 8. The van der Waals surface area contributed by atoms with Crippen LogP contribution in [0.3, 0.4) is 0 Å². The standard InChI is InChI=1S/C33H31F3N2O3/c1-20(2)40-22(4)18-37-25-10-7-9-23(12-15-25)28-30(34)31(35)29(33(39-5)32(28)36)24-13-16-26(17-14-24)38-19-27-11-6-8-21(3)41-27/h6-7,10-17,37-38H,1,4,9,18-19H2,2-3,5H3. The Bertz CT molecular complexity index is 1560. The van der Waals surface area contributed by atoms with E-state index in [9.17, 15) is 0 Å². The van der Waals surface area contributed by atoms with Gasteiger partial charge in [-0.15, -0.1) is 0 Å². The van der Waals surface area contributed by atoms with Crippen molar-refractivity contribution in [2.45, 2.75) is 20.3 Å². The molecule has 0 atom stereocenters. The third-order valence-electron chi connectivity index (χ3n) is 6.19. The van der Waals surface area contributed by atoms with Gasteiger partial charge in [0.1, 0.15) is 17.3 Å². The first kappa shape index (κ1) is 29.2. The summed E-state index contributed by atoms with van der Waals surface area (Å²) in [4.78, 5) is 0. The Morgan fingerprint density at radius 3 is 2.41 bits per heavy atom. The van der Waals surface area contributed by atoms with Gasteiger partial charge >= 0.3 is 0 Å². The monoisotopic (exact) mass is 560 g/mol. The molecule has 0 amide bonds. The van der Waals surface area contributed by atoms with Crippen molar-refractivity contribution in [2.75, 3.05) is 25.5 Å². The average Bonchev–Trinajstić information content (AvgIpc) is 3.18. The molecule has 1 aliphatic heterocycles. The van der Waals surface area contributed by atoms with Gasteiger partial charge in [0.15, 0.2) is 23.2 Å². The normalized spacial score (nSPS) is 14.1. The molecule has 0 unspecified atom stereocenters. The van der Waals surface area contributed by atoms with Crippen LogP contribution in [0.2, 0.25) is 0 Å². The maximum Gasteiger partial charge on any atom is 0.176 e. The Morgan fingerprint density at radius 2 is 1.73 bits per heavy atom. The molecular weight excluding hydrogens is 529 g/mol. The Labute approximate surface area is 238 Å². The molecule has 41 heavy (non-hydrogen) atoms. The zero-order valence-corrected chi connectivity index (χ0v) is 23.2. The number of hydrogen-bond acceptors (Lipinski definition) is 5. The van der Waals surface area contributed by atoms with Gasteiger partial charge in [-0.2, -0.15) is 0 Å². The molecule has 2 aromatic rings. The summed E-state index contributed by atoms with van der Waals surface area (Å²) < 4.78 is 63.0. The Balaban J connectivity index is 1.57. The van der Waals surface area contributed by atoms with E-state index in [1.54, 1.807) is 74.6 Å². The van der Waals surface area contributed by atoms with Crippen molar-refractivity contribution < 1.29 is 27.4 Å². The Kier molecular flexibility index (Phi) is 9.27. The molecule has 0 saturated heterocycles. The van der Waals surface area contributed by atoms with Crippen molar-refractivity contribution in [3.8, 4) is 16.9 Å². The summed E-state index contributed by atoms with van der Waals surface area (Å²) >= 11 is 0. The van der Waals surface area contributed by atoms with Crippen LogP contribution >= 0.6 is 0 Å². The number of methoxy groups -OCH3 is 1. The summed E-state index contributed by atoms with van der Waals surface area (Å²) in [5.41, 5.74) is 4.08. The fourth-order valence-electron chi connectivity index (χ4n) is 4.33. The first-order valence-corrected chi connectivity index (χ1v) is 12.9. The Morgan fingerprint density at radius 1 is 1.00 bits per heavy atom. The summed E-state index contributed by atoms with van der Waals surface area (Å²) in [5.74, 6) is -1.49. The summed E-state index contributed by atoms with van der Waals surface area (Å²) in [6.07, 6.45) is 10.4. The number of ether oxygens (including phenoxy) is 3. The quantitative estimate of drug-likeness (QED) is 0.166. The second-order valence-electron chi connectivity index (χ2n) is 9.38. The van der Waals surface area contributed by atoms with Gasteiger partial charge in [0.05, 0.1) is 37.1 Å². The highest BCUT2D eigenvalue weighted by molar-refractivity contribution is 5.79. The van der Waals surface area contributed by atoms with Crippen molar-refractivity contribution in [3.63, 3.8) is 0 Å². The first-order valence-electron chi connectivity index (χ1n) is 12.9. The van der Waals surface area contributed by atoms with E-state index >= 15 is 13.2 Å². The minimum Gasteiger partial charge on any atom is -0.493 e. The van der Waals surface area contributed by atoms with Crippen molar-refractivity contribution in [3.05, 3.63) is 131 Å². The van der Waals surface area contributed by atoms with Gasteiger partial charge in [-0.1, -0.05) is 43.2 Å². The smallest absolute Gasteiger partial charge is 0.176 e. The summed E-state index contributed by atoms with van der Waals surface area (Å²) in [7, 11) is 1.23. The summed E-state index contributed by atoms with van der Waals surface area (Å²) in [5, 5.41) is 6.32. The number of benzene rings is 2. The van der Waals surface area contributed by atoms with Crippen molar-refractivity contribution >= 4 is 11.3 Å². The molecule has 1 aliphatic carbocycles. The number of nitrogens with one attached hydrogen (secondary N) is 2. The molecule has 0 saturated carbocycles. The highest BCUT2D eigenvalue weighted by Crippen LogP contribution is 2.42. The molecule has 2 N–H and O–H groups in total. The predicted molar refractivity (Wildman–Crippen MR) is 156 cm³/mol. The van der Waals surface area contributed by atoms with Crippen LogP contribution in [0.1, 0.15) is 25.8 Å². The fraction of sp³-hybridized carbons (Fsp3) is 0.182. The van der Waals surface area contributed by atoms with Crippen LogP contribution in [0.25, 0.3) is 16.7 Å². The molecular formula is C33H31F3N2O3. The van der Waals surface area contributed by atoms with Crippen LogP contribution in [0.4, 0.5) is 18.9 Å². The van der Waals surface area contributed by atoms with Gasteiger partial charge < -0.3 is 24.8 Å². The van der Waals surface area contributed by atoms with Gasteiger partial charge in [0.2, 0.25) is 0 Å². The predicted octanol–water partition coefficient (Wildman–Crippen LogP) is 8.05. The van der Waals surface area contributed by atoms with Crippen molar-refractivity contribution in [1.29, 1.82) is 0 Å². The second kappa shape index (κ2) is 13.0. The molecule has 5 nitrogen and oxygen atoms in total. The number of halogens is 3. The van der Waals surface area contributed by atoms with Gasteiger partial charge in [0.25, 0.3) is 0 Å². The van der Waals surface area contributed by atoms with Crippen LogP contribution in [-0.4, -0.2) is 20.2 Å². The molecule has 0 fully saturated rings. The lowest BCUT2D eigenvalue weighted by Gasteiger charge is -2.17. The molecule has 1 heterocycles. The molecule has 0 radical (unpaired) electrons. The van der Waals surface area contributed by atoms with E-state index in [0.717, 1.165) is 0 Å². The molecule has 212 valence electrons.